The highest BCUT2D eigenvalue weighted by Gasteiger charge is 2.18. The molecule has 0 radical (unpaired) electrons. The SMILES string of the molecule is Cc1cc2c(NCCC3CCC(C)CC3)nc(N)nc2s1. The van der Waals surface area contributed by atoms with Crippen LogP contribution in [-0.4, -0.2) is 16.5 Å². The summed E-state index contributed by atoms with van der Waals surface area (Å²) in [6.45, 7) is 5.43. The average Bonchev–Trinajstić information content (AvgIpc) is 2.81. The molecule has 1 aliphatic carbocycles. The normalized spacial score (nSPS) is 22.6. The van der Waals surface area contributed by atoms with E-state index in [1.807, 2.05) is 0 Å². The first-order valence-electron chi connectivity index (χ1n) is 7.89. The van der Waals surface area contributed by atoms with E-state index in [-0.39, 0.29) is 0 Å². The van der Waals surface area contributed by atoms with Gasteiger partial charge in [0.1, 0.15) is 10.6 Å². The van der Waals surface area contributed by atoms with Gasteiger partial charge in [-0.15, -0.1) is 11.3 Å². The van der Waals surface area contributed by atoms with E-state index in [2.05, 4.69) is 35.2 Å². The summed E-state index contributed by atoms with van der Waals surface area (Å²) < 4.78 is 0. The Bertz CT molecular complexity index is 614. The van der Waals surface area contributed by atoms with Crippen molar-refractivity contribution in [1.29, 1.82) is 0 Å². The number of aromatic nitrogens is 2. The monoisotopic (exact) mass is 304 g/mol. The molecule has 2 aromatic heterocycles. The summed E-state index contributed by atoms with van der Waals surface area (Å²) in [5, 5.41) is 4.58. The van der Waals surface area contributed by atoms with Crippen molar-refractivity contribution in [2.75, 3.05) is 17.6 Å². The standard InChI is InChI=1S/C16H24N4S/c1-10-3-5-12(6-4-10)7-8-18-14-13-9-11(2)21-15(13)20-16(17)19-14/h9-10,12H,3-8H2,1-2H3,(H3,17,18,19,20). The van der Waals surface area contributed by atoms with Gasteiger partial charge < -0.3 is 11.1 Å². The maximum atomic E-state index is 5.81. The van der Waals surface area contributed by atoms with Crippen molar-refractivity contribution in [3.63, 3.8) is 0 Å². The zero-order valence-electron chi connectivity index (χ0n) is 12.9. The van der Waals surface area contributed by atoms with Crippen LogP contribution in [0.15, 0.2) is 6.07 Å². The summed E-state index contributed by atoms with van der Waals surface area (Å²) in [6.07, 6.45) is 6.75. The first kappa shape index (κ1) is 14.6. The summed E-state index contributed by atoms with van der Waals surface area (Å²) in [7, 11) is 0. The Morgan fingerprint density at radius 1 is 1.29 bits per heavy atom. The second kappa shape index (κ2) is 6.18. The highest BCUT2D eigenvalue weighted by molar-refractivity contribution is 7.18. The van der Waals surface area contributed by atoms with Gasteiger partial charge in [-0.1, -0.05) is 32.6 Å². The number of thiophene rings is 1. The number of fused-ring (bicyclic) bond motifs is 1. The van der Waals surface area contributed by atoms with Crippen molar-refractivity contribution < 1.29 is 0 Å². The van der Waals surface area contributed by atoms with E-state index in [9.17, 15) is 0 Å². The maximum absolute atomic E-state index is 5.81. The van der Waals surface area contributed by atoms with E-state index >= 15 is 0 Å². The number of hydrogen-bond donors (Lipinski definition) is 2. The predicted octanol–water partition coefficient (Wildman–Crippen LogP) is 4.21. The van der Waals surface area contributed by atoms with Gasteiger partial charge in [-0.3, -0.25) is 0 Å². The minimum absolute atomic E-state index is 0.360. The first-order chi connectivity index (χ1) is 10.1. The van der Waals surface area contributed by atoms with Gasteiger partial charge in [0.15, 0.2) is 0 Å². The number of nitrogens with two attached hydrogens (primary N) is 1. The second-order valence-corrected chi connectivity index (χ2v) is 7.58. The molecule has 0 atom stereocenters. The molecule has 114 valence electrons. The maximum Gasteiger partial charge on any atom is 0.223 e. The number of nitrogen functional groups attached to an aromatic ring is 1. The van der Waals surface area contributed by atoms with E-state index in [1.54, 1.807) is 11.3 Å². The van der Waals surface area contributed by atoms with E-state index < -0.39 is 0 Å². The Balaban J connectivity index is 1.62. The summed E-state index contributed by atoms with van der Waals surface area (Å²) in [5.41, 5.74) is 5.81. The number of nitrogens with zero attached hydrogens (tertiary/aromatic N) is 2. The Morgan fingerprint density at radius 3 is 2.81 bits per heavy atom. The highest BCUT2D eigenvalue weighted by atomic mass is 32.1. The summed E-state index contributed by atoms with van der Waals surface area (Å²) in [5.74, 6) is 3.04. The van der Waals surface area contributed by atoms with Crippen LogP contribution in [0, 0.1) is 18.8 Å². The molecule has 3 rings (SSSR count). The lowest BCUT2D eigenvalue weighted by Crippen LogP contribution is -2.16. The number of hydrogen-bond acceptors (Lipinski definition) is 5. The van der Waals surface area contributed by atoms with Gasteiger partial charge in [-0.25, -0.2) is 4.98 Å². The van der Waals surface area contributed by atoms with E-state index in [0.717, 1.165) is 34.4 Å². The molecule has 3 N–H and O–H groups in total. The molecule has 1 fully saturated rings. The van der Waals surface area contributed by atoms with Gasteiger partial charge in [0, 0.05) is 11.4 Å². The largest absolute Gasteiger partial charge is 0.369 e. The van der Waals surface area contributed by atoms with Gasteiger partial charge in [0.25, 0.3) is 0 Å². The third-order valence-corrected chi connectivity index (χ3v) is 5.46. The van der Waals surface area contributed by atoms with Crippen LogP contribution in [-0.2, 0) is 0 Å². The second-order valence-electron chi connectivity index (χ2n) is 6.35. The van der Waals surface area contributed by atoms with Crippen LogP contribution in [0.5, 0.6) is 0 Å². The fraction of sp³-hybridized carbons (Fsp3) is 0.625. The van der Waals surface area contributed by atoms with Gasteiger partial charge in [-0.05, 0) is 31.2 Å². The number of rotatable bonds is 4. The Morgan fingerprint density at radius 2 is 2.05 bits per heavy atom. The van der Waals surface area contributed by atoms with Crippen molar-refractivity contribution >= 4 is 33.3 Å². The molecule has 0 saturated heterocycles. The fourth-order valence-corrected chi connectivity index (χ4v) is 4.09. The minimum Gasteiger partial charge on any atom is -0.369 e. The van der Waals surface area contributed by atoms with Crippen molar-refractivity contribution in [3.05, 3.63) is 10.9 Å². The van der Waals surface area contributed by atoms with Crippen molar-refractivity contribution in [2.45, 2.75) is 46.0 Å². The predicted molar refractivity (Wildman–Crippen MR) is 90.8 cm³/mol. The summed E-state index contributed by atoms with van der Waals surface area (Å²) in [4.78, 5) is 10.9. The molecule has 0 aromatic carbocycles. The zero-order valence-corrected chi connectivity index (χ0v) is 13.7. The van der Waals surface area contributed by atoms with Crippen LogP contribution in [0.2, 0.25) is 0 Å². The number of aryl methyl sites for hydroxylation is 1. The average molecular weight is 304 g/mol. The summed E-state index contributed by atoms with van der Waals surface area (Å²) >= 11 is 1.67. The van der Waals surface area contributed by atoms with Gasteiger partial charge >= 0.3 is 0 Å². The molecular weight excluding hydrogens is 280 g/mol. The molecule has 0 unspecified atom stereocenters. The quantitative estimate of drug-likeness (QED) is 0.888. The van der Waals surface area contributed by atoms with E-state index in [0.29, 0.717) is 5.95 Å². The van der Waals surface area contributed by atoms with E-state index in [4.69, 9.17) is 5.73 Å². The molecule has 0 spiro atoms. The molecular formula is C16H24N4S. The first-order valence-corrected chi connectivity index (χ1v) is 8.71. The van der Waals surface area contributed by atoms with E-state index in [1.165, 1.54) is 37.0 Å². The topological polar surface area (TPSA) is 63.8 Å². The molecule has 1 aliphatic rings. The molecule has 2 heterocycles. The molecule has 4 nitrogen and oxygen atoms in total. The third kappa shape index (κ3) is 3.46. The molecule has 21 heavy (non-hydrogen) atoms. The minimum atomic E-state index is 0.360. The molecule has 0 aliphatic heterocycles. The molecule has 0 amide bonds. The molecule has 5 heteroatoms. The molecule has 1 saturated carbocycles. The smallest absolute Gasteiger partial charge is 0.223 e. The van der Waals surface area contributed by atoms with Gasteiger partial charge in [-0.2, -0.15) is 4.98 Å². The van der Waals surface area contributed by atoms with Crippen LogP contribution in [0.3, 0.4) is 0 Å². The number of nitrogens with one attached hydrogen (secondary N) is 1. The van der Waals surface area contributed by atoms with Crippen molar-refractivity contribution in [1.82, 2.24) is 9.97 Å². The Hall–Kier alpha value is -1.36. The summed E-state index contributed by atoms with van der Waals surface area (Å²) in [6, 6.07) is 2.14. The van der Waals surface area contributed by atoms with Crippen LogP contribution >= 0.6 is 11.3 Å². The Labute approximate surface area is 130 Å². The molecule has 2 aromatic rings. The van der Waals surface area contributed by atoms with Gasteiger partial charge in [0.05, 0.1) is 5.39 Å². The number of anilines is 2. The fourth-order valence-electron chi connectivity index (χ4n) is 3.21. The van der Waals surface area contributed by atoms with Crippen LogP contribution in [0.1, 0.15) is 43.9 Å². The van der Waals surface area contributed by atoms with Gasteiger partial charge in [0.2, 0.25) is 5.95 Å². The lowest BCUT2D eigenvalue weighted by atomic mass is 9.81. The highest BCUT2D eigenvalue weighted by Crippen LogP contribution is 2.31. The van der Waals surface area contributed by atoms with Crippen molar-refractivity contribution in [2.24, 2.45) is 11.8 Å². The third-order valence-electron chi connectivity index (χ3n) is 4.51. The Kier molecular flexibility index (Phi) is 4.29. The lowest BCUT2D eigenvalue weighted by Gasteiger charge is -2.26. The zero-order chi connectivity index (χ0) is 14.8. The van der Waals surface area contributed by atoms with Crippen LogP contribution in [0.4, 0.5) is 11.8 Å². The lowest BCUT2D eigenvalue weighted by molar-refractivity contribution is 0.282. The van der Waals surface area contributed by atoms with Crippen molar-refractivity contribution in [3.8, 4) is 0 Å². The van der Waals surface area contributed by atoms with Crippen LogP contribution in [0.25, 0.3) is 10.2 Å². The molecule has 0 bridgehead atoms. The van der Waals surface area contributed by atoms with Crippen LogP contribution < -0.4 is 11.1 Å².